The highest BCUT2D eigenvalue weighted by atomic mass is 28.4. The minimum Gasteiger partial charge on any atom is -0.507 e. The molecular weight excluding hydrogens is 262 g/mol. The minimum absolute atomic E-state index is 0.237. The fourth-order valence-electron chi connectivity index (χ4n) is 1.70. The van der Waals surface area contributed by atoms with Crippen LogP contribution in [0.25, 0.3) is 0 Å². The van der Waals surface area contributed by atoms with Gasteiger partial charge in [0.2, 0.25) is 0 Å². The summed E-state index contributed by atoms with van der Waals surface area (Å²) in [7, 11) is 2.32. The normalized spacial score (nSPS) is 12.2. The predicted molar refractivity (Wildman–Crippen MR) is 76.8 cm³/mol. The molecule has 0 aliphatic rings. The predicted octanol–water partition coefficient (Wildman–Crippen LogP) is 2.08. The van der Waals surface area contributed by atoms with E-state index in [0.717, 1.165) is 12.0 Å². The molecule has 0 aliphatic heterocycles. The van der Waals surface area contributed by atoms with Crippen molar-refractivity contribution < 1.29 is 18.4 Å². The average Bonchev–Trinajstić information content (AvgIpc) is 2.45. The van der Waals surface area contributed by atoms with E-state index in [1.807, 2.05) is 12.1 Å². The van der Waals surface area contributed by atoms with E-state index in [9.17, 15) is 5.11 Å². The third-order valence-corrected chi connectivity index (χ3v) is 5.70. The molecule has 0 atom stereocenters. The summed E-state index contributed by atoms with van der Waals surface area (Å²) in [6, 6.07) is 7.81. The Hall–Kier alpha value is -1.21. The Morgan fingerprint density at radius 2 is 1.79 bits per heavy atom. The summed E-state index contributed by atoms with van der Waals surface area (Å²) >= 11 is 0. The number of aliphatic imine (C=N–C) groups is 1. The minimum atomic E-state index is -2.48. The molecule has 0 bridgehead atoms. The monoisotopic (exact) mass is 283 g/mol. The smallest absolute Gasteiger partial charge is 0.500 e. The van der Waals surface area contributed by atoms with Crippen molar-refractivity contribution in [2.24, 2.45) is 4.99 Å². The molecule has 1 N–H and O–H groups in total. The number of aromatic hydroxyl groups is 1. The lowest BCUT2D eigenvalue weighted by atomic mass is 10.2. The zero-order valence-corrected chi connectivity index (χ0v) is 12.6. The van der Waals surface area contributed by atoms with Crippen LogP contribution in [0.15, 0.2) is 29.3 Å². The number of phenolic OH excluding ortho intramolecular Hbond substituents is 1. The number of hydrogen-bond acceptors (Lipinski definition) is 5. The van der Waals surface area contributed by atoms with Crippen molar-refractivity contribution in [3.63, 3.8) is 0 Å². The number of nitrogens with zero attached hydrogens (tertiary/aromatic N) is 1. The van der Waals surface area contributed by atoms with E-state index < -0.39 is 8.80 Å². The summed E-state index contributed by atoms with van der Waals surface area (Å²) < 4.78 is 16.0. The van der Waals surface area contributed by atoms with Crippen molar-refractivity contribution in [2.75, 3.05) is 27.9 Å². The van der Waals surface area contributed by atoms with Gasteiger partial charge in [0.1, 0.15) is 5.75 Å². The van der Waals surface area contributed by atoms with Gasteiger partial charge in [-0.1, -0.05) is 12.1 Å². The summed E-state index contributed by atoms with van der Waals surface area (Å²) in [5.41, 5.74) is 0.719. The molecule has 0 heterocycles. The van der Waals surface area contributed by atoms with Crippen LogP contribution in [-0.2, 0) is 13.3 Å². The first kappa shape index (κ1) is 15.8. The second-order valence-corrected chi connectivity index (χ2v) is 7.08. The molecule has 0 aliphatic carbocycles. The van der Waals surface area contributed by atoms with E-state index in [1.54, 1.807) is 39.7 Å². The van der Waals surface area contributed by atoms with Crippen LogP contribution in [0.1, 0.15) is 12.0 Å². The van der Waals surface area contributed by atoms with Crippen molar-refractivity contribution in [1.82, 2.24) is 0 Å². The van der Waals surface area contributed by atoms with E-state index in [-0.39, 0.29) is 5.75 Å². The molecule has 19 heavy (non-hydrogen) atoms. The lowest BCUT2D eigenvalue weighted by Gasteiger charge is -2.23. The number of benzene rings is 1. The molecular formula is C13H21NO4Si. The third kappa shape index (κ3) is 4.75. The Balaban J connectivity index is 2.41. The molecule has 0 spiro atoms. The van der Waals surface area contributed by atoms with Gasteiger partial charge in [0.25, 0.3) is 0 Å². The Bertz CT molecular complexity index is 399. The van der Waals surface area contributed by atoms with E-state index in [0.29, 0.717) is 12.6 Å². The topological polar surface area (TPSA) is 60.3 Å². The van der Waals surface area contributed by atoms with Gasteiger partial charge in [-0.05, 0) is 18.6 Å². The number of rotatable bonds is 8. The highest BCUT2D eigenvalue weighted by molar-refractivity contribution is 6.60. The van der Waals surface area contributed by atoms with Crippen molar-refractivity contribution in [1.29, 1.82) is 0 Å². The van der Waals surface area contributed by atoms with Gasteiger partial charge < -0.3 is 18.4 Å². The molecule has 0 unspecified atom stereocenters. The van der Waals surface area contributed by atoms with E-state index in [1.165, 1.54) is 0 Å². The van der Waals surface area contributed by atoms with Gasteiger partial charge in [0.05, 0.1) is 0 Å². The van der Waals surface area contributed by atoms with Gasteiger partial charge in [-0.25, -0.2) is 0 Å². The van der Waals surface area contributed by atoms with Crippen LogP contribution < -0.4 is 0 Å². The first-order chi connectivity index (χ1) is 9.17. The van der Waals surface area contributed by atoms with Crippen molar-refractivity contribution in [3.05, 3.63) is 29.8 Å². The fraction of sp³-hybridized carbons (Fsp3) is 0.462. The molecule has 1 aromatic carbocycles. The zero-order valence-electron chi connectivity index (χ0n) is 11.6. The summed E-state index contributed by atoms with van der Waals surface area (Å²) in [6.45, 7) is 0.638. The first-order valence-corrected chi connectivity index (χ1v) is 8.04. The highest BCUT2D eigenvalue weighted by Crippen LogP contribution is 2.15. The Morgan fingerprint density at radius 1 is 1.16 bits per heavy atom. The SMILES string of the molecule is CO[Si](CCCN=Cc1ccccc1O)(OC)OC. The van der Waals surface area contributed by atoms with Crippen LogP contribution in [-0.4, -0.2) is 48.0 Å². The molecule has 1 aromatic rings. The quantitative estimate of drug-likeness (QED) is 0.451. The molecule has 0 aromatic heterocycles. The molecule has 0 saturated heterocycles. The van der Waals surface area contributed by atoms with Crippen molar-refractivity contribution in [3.8, 4) is 5.75 Å². The van der Waals surface area contributed by atoms with Crippen LogP contribution in [0.3, 0.4) is 0 Å². The Morgan fingerprint density at radius 3 is 2.37 bits per heavy atom. The Labute approximate surface area is 115 Å². The van der Waals surface area contributed by atoms with Crippen LogP contribution in [0, 0.1) is 0 Å². The highest BCUT2D eigenvalue weighted by Gasteiger charge is 2.36. The second kappa shape index (κ2) is 8.06. The molecule has 6 heteroatoms. The van der Waals surface area contributed by atoms with E-state index >= 15 is 0 Å². The molecule has 106 valence electrons. The summed E-state index contributed by atoms with van der Waals surface area (Å²) in [5.74, 6) is 0.237. The standard InChI is InChI=1S/C13H21NO4Si/c1-16-19(17-2,18-3)10-6-9-14-11-12-7-4-5-8-13(12)15/h4-5,7-8,11,15H,6,9-10H2,1-3H3. The second-order valence-electron chi connectivity index (χ2n) is 3.99. The molecule has 0 amide bonds. The average molecular weight is 283 g/mol. The molecule has 0 radical (unpaired) electrons. The lowest BCUT2D eigenvalue weighted by molar-refractivity contribution is 0.123. The van der Waals surface area contributed by atoms with E-state index in [2.05, 4.69) is 4.99 Å². The van der Waals surface area contributed by atoms with Gasteiger partial charge in [-0.2, -0.15) is 0 Å². The van der Waals surface area contributed by atoms with Gasteiger partial charge in [0, 0.05) is 45.7 Å². The Kier molecular flexibility index (Phi) is 6.72. The van der Waals surface area contributed by atoms with E-state index in [4.69, 9.17) is 13.3 Å². The van der Waals surface area contributed by atoms with Gasteiger partial charge >= 0.3 is 8.80 Å². The summed E-state index contributed by atoms with van der Waals surface area (Å²) in [4.78, 5) is 4.28. The molecule has 1 rings (SSSR count). The van der Waals surface area contributed by atoms with Crippen LogP contribution >= 0.6 is 0 Å². The van der Waals surface area contributed by atoms with Gasteiger partial charge in [-0.15, -0.1) is 0 Å². The van der Waals surface area contributed by atoms with Crippen molar-refractivity contribution >= 4 is 15.0 Å². The number of para-hydroxylation sites is 1. The number of phenols is 1. The summed E-state index contributed by atoms with van der Waals surface area (Å²) in [5, 5.41) is 9.57. The maximum absolute atomic E-state index is 9.57. The first-order valence-electron chi connectivity index (χ1n) is 6.10. The fourth-order valence-corrected chi connectivity index (χ4v) is 3.41. The summed E-state index contributed by atoms with van der Waals surface area (Å²) in [6.07, 6.45) is 2.48. The zero-order chi connectivity index (χ0) is 14.1. The molecule has 5 nitrogen and oxygen atoms in total. The van der Waals surface area contributed by atoms with Crippen LogP contribution in [0.5, 0.6) is 5.75 Å². The van der Waals surface area contributed by atoms with Gasteiger partial charge in [-0.3, -0.25) is 4.99 Å². The van der Waals surface area contributed by atoms with Gasteiger partial charge in [0.15, 0.2) is 0 Å². The number of hydrogen-bond donors (Lipinski definition) is 1. The van der Waals surface area contributed by atoms with Crippen LogP contribution in [0.2, 0.25) is 6.04 Å². The maximum Gasteiger partial charge on any atom is 0.500 e. The molecule has 0 fully saturated rings. The lowest BCUT2D eigenvalue weighted by Crippen LogP contribution is -2.42. The largest absolute Gasteiger partial charge is 0.507 e. The maximum atomic E-state index is 9.57. The van der Waals surface area contributed by atoms with Crippen molar-refractivity contribution in [2.45, 2.75) is 12.5 Å². The van der Waals surface area contributed by atoms with Crippen LogP contribution in [0.4, 0.5) is 0 Å². The third-order valence-electron chi connectivity index (χ3n) is 2.87. The molecule has 0 saturated carbocycles.